The molecule has 0 fully saturated rings. The highest BCUT2D eigenvalue weighted by atomic mass is 15.1. The summed E-state index contributed by atoms with van der Waals surface area (Å²) in [7, 11) is 0. The summed E-state index contributed by atoms with van der Waals surface area (Å²) in [6.07, 6.45) is 0. The molecule has 258 valence electrons. The second kappa shape index (κ2) is 12.6. The molecule has 0 unspecified atom stereocenters. The van der Waals surface area contributed by atoms with Gasteiger partial charge < -0.3 is 14.0 Å². The Labute approximate surface area is 319 Å². The molecule has 2 aromatic heterocycles. The quantitative estimate of drug-likeness (QED) is 0.168. The van der Waals surface area contributed by atoms with Gasteiger partial charge in [-0.2, -0.15) is 0 Å². The largest absolute Gasteiger partial charge is 0.310 e. The molecule has 0 N–H and O–H groups in total. The fourth-order valence-corrected chi connectivity index (χ4v) is 8.60. The lowest BCUT2D eigenvalue weighted by molar-refractivity contribution is 1.17. The molecule has 0 aliphatic heterocycles. The molecule has 11 aromatic rings. The van der Waals surface area contributed by atoms with Gasteiger partial charge in [0.15, 0.2) is 0 Å². The highest BCUT2D eigenvalue weighted by Crippen LogP contribution is 2.42. The van der Waals surface area contributed by atoms with Gasteiger partial charge in [0, 0.05) is 55.4 Å². The van der Waals surface area contributed by atoms with E-state index in [9.17, 15) is 0 Å². The maximum atomic E-state index is 2.43. The van der Waals surface area contributed by atoms with E-state index in [4.69, 9.17) is 0 Å². The fourth-order valence-electron chi connectivity index (χ4n) is 8.60. The van der Waals surface area contributed by atoms with E-state index in [1.54, 1.807) is 0 Å². The minimum Gasteiger partial charge on any atom is -0.310 e. The Morgan fingerprint density at radius 2 is 0.836 bits per heavy atom. The zero-order chi connectivity index (χ0) is 36.3. The van der Waals surface area contributed by atoms with Crippen LogP contribution in [-0.2, 0) is 0 Å². The van der Waals surface area contributed by atoms with Gasteiger partial charge in [-0.15, -0.1) is 0 Å². The maximum absolute atomic E-state index is 2.43. The average Bonchev–Trinajstić information content (AvgIpc) is 3.78. The summed E-state index contributed by atoms with van der Waals surface area (Å²) in [6.45, 7) is 0. The number of hydrogen-bond acceptors (Lipinski definition) is 1. The first-order valence-electron chi connectivity index (χ1n) is 18.9. The van der Waals surface area contributed by atoms with Crippen molar-refractivity contribution in [1.29, 1.82) is 0 Å². The Morgan fingerprint density at radius 3 is 1.62 bits per heavy atom. The van der Waals surface area contributed by atoms with Crippen LogP contribution in [0.25, 0.3) is 76.9 Å². The molecule has 0 radical (unpaired) electrons. The van der Waals surface area contributed by atoms with E-state index in [0.717, 1.165) is 28.4 Å². The summed E-state index contributed by atoms with van der Waals surface area (Å²) in [4.78, 5) is 2.39. The van der Waals surface area contributed by atoms with Crippen molar-refractivity contribution in [2.45, 2.75) is 0 Å². The number of rotatable bonds is 6. The molecule has 0 saturated heterocycles. The van der Waals surface area contributed by atoms with E-state index in [-0.39, 0.29) is 0 Å². The molecule has 55 heavy (non-hydrogen) atoms. The number of aromatic nitrogens is 2. The van der Waals surface area contributed by atoms with E-state index in [0.29, 0.717) is 0 Å². The first-order chi connectivity index (χ1) is 27.3. The van der Waals surface area contributed by atoms with Crippen LogP contribution in [0.3, 0.4) is 0 Å². The Bertz CT molecular complexity index is 3190. The molecule has 0 atom stereocenters. The summed E-state index contributed by atoms with van der Waals surface area (Å²) in [5.74, 6) is 0. The Kier molecular flexibility index (Phi) is 7.17. The van der Waals surface area contributed by atoms with E-state index in [1.165, 1.54) is 65.5 Å². The smallest absolute Gasteiger partial charge is 0.0619 e. The second-order valence-electron chi connectivity index (χ2n) is 14.2. The molecule has 9 aromatic carbocycles. The molecular weight excluding hydrogens is 667 g/mol. The first kappa shape index (κ1) is 31.2. The molecule has 0 aliphatic carbocycles. The lowest BCUT2D eigenvalue weighted by Crippen LogP contribution is -2.10. The molecule has 3 nitrogen and oxygen atoms in total. The third-order valence-electron chi connectivity index (χ3n) is 11.1. The van der Waals surface area contributed by atoms with E-state index < -0.39 is 0 Å². The number of hydrogen-bond donors (Lipinski definition) is 0. The lowest BCUT2D eigenvalue weighted by Gasteiger charge is -2.27. The summed E-state index contributed by atoms with van der Waals surface area (Å²) in [5, 5.41) is 7.49. The average molecular weight is 702 g/mol. The van der Waals surface area contributed by atoms with Crippen molar-refractivity contribution in [3.63, 3.8) is 0 Å². The van der Waals surface area contributed by atoms with Crippen LogP contribution in [-0.4, -0.2) is 9.13 Å². The van der Waals surface area contributed by atoms with Crippen LogP contribution >= 0.6 is 0 Å². The number of anilines is 3. The highest BCUT2D eigenvalue weighted by molar-refractivity contribution is 6.18. The Morgan fingerprint density at radius 1 is 0.291 bits per heavy atom. The Hall–Kier alpha value is -7.36. The molecule has 0 aliphatic rings. The number of nitrogens with zero attached hydrogens (tertiary/aromatic N) is 3. The van der Waals surface area contributed by atoms with Gasteiger partial charge in [-0.05, 0) is 89.3 Å². The summed E-state index contributed by atoms with van der Waals surface area (Å²) in [5.41, 5.74) is 12.7. The van der Waals surface area contributed by atoms with Crippen LogP contribution in [0.2, 0.25) is 0 Å². The van der Waals surface area contributed by atoms with Crippen molar-refractivity contribution < 1.29 is 0 Å². The third-order valence-corrected chi connectivity index (χ3v) is 11.1. The topological polar surface area (TPSA) is 13.1 Å². The predicted octanol–water partition coefficient (Wildman–Crippen LogP) is 14.2. The SMILES string of the molecule is c1ccc(-c2cccc(N(c3ccc(-n4c5ccccc5c5ccc6ccccc6c54)cc3)c3ccc4c5ccccc5n(-c5ccccc5)c4c3)c2)cc1. The zero-order valence-electron chi connectivity index (χ0n) is 30.0. The van der Waals surface area contributed by atoms with E-state index in [2.05, 4.69) is 226 Å². The summed E-state index contributed by atoms with van der Waals surface area (Å²) >= 11 is 0. The minimum atomic E-state index is 1.08. The number of fused-ring (bicyclic) bond motifs is 8. The van der Waals surface area contributed by atoms with Crippen molar-refractivity contribution in [1.82, 2.24) is 9.13 Å². The van der Waals surface area contributed by atoms with Gasteiger partial charge in [0.1, 0.15) is 0 Å². The van der Waals surface area contributed by atoms with Crippen LogP contribution < -0.4 is 4.90 Å². The number of para-hydroxylation sites is 3. The monoisotopic (exact) mass is 701 g/mol. The zero-order valence-corrected chi connectivity index (χ0v) is 30.0. The van der Waals surface area contributed by atoms with Crippen molar-refractivity contribution in [2.75, 3.05) is 4.90 Å². The van der Waals surface area contributed by atoms with Gasteiger partial charge in [0.2, 0.25) is 0 Å². The van der Waals surface area contributed by atoms with Crippen molar-refractivity contribution >= 4 is 71.4 Å². The molecule has 3 heteroatoms. The predicted molar refractivity (Wildman–Crippen MR) is 233 cm³/mol. The molecule has 0 saturated carbocycles. The van der Waals surface area contributed by atoms with Gasteiger partial charge in [0.25, 0.3) is 0 Å². The van der Waals surface area contributed by atoms with Gasteiger partial charge >= 0.3 is 0 Å². The van der Waals surface area contributed by atoms with E-state index >= 15 is 0 Å². The van der Waals surface area contributed by atoms with Gasteiger partial charge in [-0.3, -0.25) is 0 Å². The molecule has 0 bridgehead atoms. The second-order valence-corrected chi connectivity index (χ2v) is 14.2. The van der Waals surface area contributed by atoms with Crippen LogP contribution in [0.1, 0.15) is 0 Å². The molecule has 0 spiro atoms. The highest BCUT2D eigenvalue weighted by Gasteiger charge is 2.19. The fraction of sp³-hybridized carbons (Fsp3) is 0. The lowest BCUT2D eigenvalue weighted by atomic mass is 10.0. The van der Waals surface area contributed by atoms with Gasteiger partial charge in [-0.25, -0.2) is 0 Å². The first-order valence-corrected chi connectivity index (χ1v) is 18.9. The van der Waals surface area contributed by atoms with Crippen molar-refractivity contribution in [3.05, 3.63) is 212 Å². The van der Waals surface area contributed by atoms with Crippen molar-refractivity contribution in [2.24, 2.45) is 0 Å². The Balaban J connectivity index is 1.13. The molecule has 2 heterocycles. The summed E-state index contributed by atoms with van der Waals surface area (Å²) in [6, 6.07) is 76.9. The van der Waals surface area contributed by atoms with Crippen molar-refractivity contribution in [3.8, 4) is 22.5 Å². The molecule has 0 amide bonds. The van der Waals surface area contributed by atoms with Crippen LogP contribution in [0.4, 0.5) is 17.1 Å². The van der Waals surface area contributed by atoms with Crippen LogP contribution in [0.15, 0.2) is 212 Å². The third kappa shape index (κ3) is 5.05. The number of benzene rings is 9. The van der Waals surface area contributed by atoms with Crippen LogP contribution in [0.5, 0.6) is 0 Å². The normalized spacial score (nSPS) is 11.6. The molecule has 11 rings (SSSR count). The van der Waals surface area contributed by atoms with Gasteiger partial charge in [-0.1, -0.05) is 140 Å². The maximum Gasteiger partial charge on any atom is 0.0619 e. The minimum absolute atomic E-state index is 1.08. The van der Waals surface area contributed by atoms with Crippen LogP contribution in [0, 0.1) is 0 Å². The van der Waals surface area contributed by atoms with Gasteiger partial charge in [0.05, 0.1) is 22.1 Å². The standard InChI is InChI=1S/C52H35N3/c1-3-14-36(15-4-1)38-17-13-20-42(34-38)53(43-31-33-47-45-22-9-11-24-49(45)54(51(47)35-43)39-18-5-2-6-19-39)40-27-29-41(30-28-40)55-50-25-12-10-23-46(50)48-32-26-37-16-7-8-21-44(37)52(48)55/h1-35H. The summed E-state index contributed by atoms with van der Waals surface area (Å²) < 4.78 is 4.82. The van der Waals surface area contributed by atoms with E-state index in [1.807, 2.05) is 0 Å². The molecular formula is C52H35N3.